The number of hydrogen-bond donors (Lipinski definition) is 2. The maximum atomic E-state index is 13.9. The van der Waals surface area contributed by atoms with Gasteiger partial charge in [0.25, 0.3) is 0 Å². The molecule has 0 radical (unpaired) electrons. The van der Waals surface area contributed by atoms with E-state index in [1.807, 2.05) is 24.3 Å². The number of unbranched alkanes of at least 4 members (excludes halogenated alkanes) is 4. The summed E-state index contributed by atoms with van der Waals surface area (Å²) in [6, 6.07) is 7.50. The minimum atomic E-state index is 0.0257. The maximum Gasteiger partial charge on any atom is 0.193 e. The lowest BCUT2D eigenvalue weighted by molar-refractivity contribution is 0.103. The van der Waals surface area contributed by atoms with Crippen LogP contribution in [0.3, 0.4) is 0 Å². The van der Waals surface area contributed by atoms with Gasteiger partial charge in [-0.3, -0.25) is 4.79 Å². The molecule has 3 heteroatoms. The number of phenols is 2. The minimum Gasteiger partial charge on any atom is -0.508 e. The van der Waals surface area contributed by atoms with E-state index in [1.165, 1.54) is 0 Å². The van der Waals surface area contributed by atoms with E-state index in [0.29, 0.717) is 22.6 Å². The van der Waals surface area contributed by atoms with Crippen molar-refractivity contribution in [3.8, 4) is 11.5 Å². The molecule has 32 heavy (non-hydrogen) atoms. The molecular formula is C29H42O3. The SMILES string of the molecule is CCCCc1cc(C(=O)c2cc(CCCC)c(O)cc2CCCC)c(CCCC)cc1O. The highest BCUT2D eigenvalue weighted by Gasteiger charge is 2.21. The zero-order valence-electron chi connectivity index (χ0n) is 20.6. The second-order valence-corrected chi connectivity index (χ2v) is 9.02. The number of hydrogen-bond acceptors (Lipinski definition) is 3. The average molecular weight is 439 g/mol. The Bertz CT molecular complexity index is 811. The highest BCUT2D eigenvalue weighted by atomic mass is 16.3. The van der Waals surface area contributed by atoms with Crippen LogP contribution >= 0.6 is 0 Å². The number of rotatable bonds is 14. The molecule has 0 saturated heterocycles. The Morgan fingerprint density at radius 3 is 1.19 bits per heavy atom. The van der Waals surface area contributed by atoms with Gasteiger partial charge in [0.05, 0.1) is 0 Å². The summed E-state index contributed by atoms with van der Waals surface area (Å²) in [5, 5.41) is 21.2. The second kappa shape index (κ2) is 13.3. The first-order valence-corrected chi connectivity index (χ1v) is 12.7. The molecule has 0 aliphatic rings. The molecular weight excluding hydrogens is 396 g/mol. The van der Waals surface area contributed by atoms with Crippen LogP contribution in [-0.4, -0.2) is 16.0 Å². The standard InChI is InChI=1S/C29H42O3/c1-5-9-13-21-19-27(30)23(15-11-7-3)17-25(21)29(32)26-18-24(16-12-8-4)28(31)20-22(26)14-10-6-2/h17-20,30-31H,5-16H2,1-4H3. The van der Waals surface area contributed by atoms with E-state index in [0.717, 1.165) is 99.3 Å². The van der Waals surface area contributed by atoms with Crippen molar-refractivity contribution >= 4 is 5.78 Å². The first kappa shape index (κ1) is 26.0. The molecule has 2 aromatic carbocycles. The number of aromatic hydroxyl groups is 2. The molecule has 0 saturated carbocycles. The fraction of sp³-hybridized carbons (Fsp3) is 0.552. The molecule has 0 amide bonds. The zero-order chi connectivity index (χ0) is 23.5. The van der Waals surface area contributed by atoms with Gasteiger partial charge in [-0.25, -0.2) is 0 Å². The molecule has 3 nitrogen and oxygen atoms in total. The van der Waals surface area contributed by atoms with Gasteiger partial charge in [-0.1, -0.05) is 53.4 Å². The molecule has 2 rings (SSSR count). The average Bonchev–Trinajstić information content (AvgIpc) is 2.79. The lowest BCUT2D eigenvalue weighted by Crippen LogP contribution is -2.11. The van der Waals surface area contributed by atoms with Crippen LogP contribution in [0.25, 0.3) is 0 Å². The van der Waals surface area contributed by atoms with Gasteiger partial charge in [0.15, 0.2) is 5.78 Å². The third kappa shape index (κ3) is 6.85. The molecule has 0 unspecified atom stereocenters. The summed E-state index contributed by atoms with van der Waals surface area (Å²) in [6.45, 7) is 8.54. The van der Waals surface area contributed by atoms with Gasteiger partial charge in [-0.15, -0.1) is 0 Å². The van der Waals surface area contributed by atoms with E-state index in [4.69, 9.17) is 0 Å². The number of carbonyl (C=O) groups is 1. The summed E-state index contributed by atoms with van der Waals surface area (Å²) in [6.07, 6.45) is 11.2. The van der Waals surface area contributed by atoms with Crippen molar-refractivity contribution in [3.63, 3.8) is 0 Å². The Morgan fingerprint density at radius 2 is 0.875 bits per heavy atom. The Balaban J connectivity index is 2.58. The highest BCUT2D eigenvalue weighted by Crippen LogP contribution is 2.31. The van der Waals surface area contributed by atoms with Crippen LogP contribution in [0.1, 0.15) is 117 Å². The Hall–Kier alpha value is -2.29. The number of aryl methyl sites for hydroxylation is 4. The molecule has 0 fully saturated rings. The van der Waals surface area contributed by atoms with E-state index in [-0.39, 0.29) is 5.78 Å². The van der Waals surface area contributed by atoms with Crippen LogP contribution in [0.15, 0.2) is 24.3 Å². The van der Waals surface area contributed by atoms with E-state index < -0.39 is 0 Å². The molecule has 0 atom stereocenters. The van der Waals surface area contributed by atoms with Crippen molar-refractivity contribution in [2.45, 2.75) is 105 Å². The van der Waals surface area contributed by atoms with Gasteiger partial charge < -0.3 is 10.2 Å². The summed E-state index contributed by atoms with van der Waals surface area (Å²) in [7, 11) is 0. The molecule has 0 aliphatic heterocycles. The summed E-state index contributed by atoms with van der Waals surface area (Å²) < 4.78 is 0. The van der Waals surface area contributed by atoms with Crippen molar-refractivity contribution in [3.05, 3.63) is 57.6 Å². The number of carbonyl (C=O) groups excluding carboxylic acids is 1. The second-order valence-electron chi connectivity index (χ2n) is 9.02. The molecule has 2 aromatic rings. The normalized spacial score (nSPS) is 11.1. The van der Waals surface area contributed by atoms with Crippen LogP contribution < -0.4 is 0 Å². The first-order chi connectivity index (χ1) is 15.5. The van der Waals surface area contributed by atoms with Crippen LogP contribution in [0, 0.1) is 0 Å². The molecule has 0 aromatic heterocycles. The molecule has 0 spiro atoms. The molecule has 0 heterocycles. The van der Waals surface area contributed by atoms with Crippen molar-refractivity contribution in [1.29, 1.82) is 0 Å². The van der Waals surface area contributed by atoms with E-state index in [2.05, 4.69) is 27.7 Å². The first-order valence-electron chi connectivity index (χ1n) is 12.7. The van der Waals surface area contributed by atoms with E-state index in [9.17, 15) is 15.0 Å². The third-order valence-electron chi connectivity index (χ3n) is 6.30. The summed E-state index contributed by atoms with van der Waals surface area (Å²) in [5.74, 6) is 0.640. The quantitative estimate of drug-likeness (QED) is 0.297. The van der Waals surface area contributed by atoms with Crippen LogP contribution in [0.2, 0.25) is 0 Å². The fourth-order valence-electron chi connectivity index (χ4n) is 4.20. The van der Waals surface area contributed by atoms with Gasteiger partial charge in [0.1, 0.15) is 11.5 Å². The topological polar surface area (TPSA) is 57.5 Å². The van der Waals surface area contributed by atoms with E-state index >= 15 is 0 Å². The Morgan fingerprint density at radius 1 is 0.562 bits per heavy atom. The smallest absolute Gasteiger partial charge is 0.193 e. The summed E-state index contributed by atoms with van der Waals surface area (Å²) in [4.78, 5) is 13.9. The maximum absolute atomic E-state index is 13.9. The van der Waals surface area contributed by atoms with Crippen LogP contribution in [0.5, 0.6) is 11.5 Å². The fourth-order valence-corrected chi connectivity index (χ4v) is 4.20. The zero-order valence-corrected chi connectivity index (χ0v) is 20.6. The predicted octanol–water partition coefficient (Wildman–Crippen LogP) is 7.70. The van der Waals surface area contributed by atoms with Gasteiger partial charge in [-0.2, -0.15) is 0 Å². The van der Waals surface area contributed by atoms with Crippen molar-refractivity contribution in [2.24, 2.45) is 0 Å². The van der Waals surface area contributed by atoms with Crippen LogP contribution in [0.4, 0.5) is 0 Å². The molecule has 2 N–H and O–H groups in total. The number of ketones is 1. The third-order valence-corrected chi connectivity index (χ3v) is 6.30. The number of phenolic OH excluding ortho intramolecular Hbond substituents is 2. The summed E-state index contributed by atoms with van der Waals surface area (Å²) >= 11 is 0. The summed E-state index contributed by atoms with van der Waals surface area (Å²) in [5.41, 5.74) is 5.00. The Kier molecular flexibility index (Phi) is 10.8. The van der Waals surface area contributed by atoms with Gasteiger partial charge >= 0.3 is 0 Å². The van der Waals surface area contributed by atoms with Gasteiger partial charge in [0, 0.05) is 11.1 Å². The molecule has 0 bridgehead atoms. The highest BCUT2D eigenvalue weighted by molar-refractivity contribution is 6.11. The number of benzene rings is 2. The monoisotopic (exact) mass is 438 g/mol. The van der Waals surface area contributed by atoms with Crippen molar-refractivity contribution in [2.75, 3.05) is 0 Å². The lowest BCUT2D eigenvalue weighted by Gasteiger charge is -2.17. The van der Waals surface area contributed by atoms with Gasteiger partial charge in [-0.05, 0) is 97.9 Å². The lowest BCUT2D eigenvalue weighted by atomic mass is 9.87. The Labute approximate surface area is 194 Å². The van der Waals surface area contributed by atoms with Crippen molar-refractivity contribution < 1.29 is 15.0 Å². The van der Waals surface area contributed by atoms with Gasteiger partial charge in [0.2, 0.25) is 0 Å². The van der Waals surface area contributed by atoms with E-state index in [1.54, 1.807) is 0 Å². The largest absolute Gasteiger partial charge is 0.508 e. The van der Waals surface area contributed by atoms with Crippen LogP contribution in [-0.2, 0) is 25.7 Å². The molecule has 176 valence electrons. The minimum absolute atomic E-state index is 0.0257. The predicted molar refractivity (Wildman–Crippen MR) is 134 cm³/mol. The molecule has 0 aliphatic carbocycles. The van der Waals surface area contributed by atoms with Crippen molar-refractivity contribution in [1.82, 2.24) is 0 Å².